The molecule has 0 unspecified atom stereocenters. The molecule has 0 aliphatic carbocycles. The lowest BCUT2D eigenvalue weighted by atomic mass is 10.1. The van der Waals surface area contributed by atoms with Gasteiger partial charge in [0, 0.05) is 5.69 Å². The third-order valence-corrected chi connectivity index (χ3v) is 4.63. The Morgan fingerprint density at radius 1 is 1.07 bits per heavy atom. The van der Waals surface area contributed by atoms with Crippen LogP contribution in [0.2, 0.25) is 0 Å². The molecule has 1 aliphatic heterocycles. The van der Waals surface area contributed by atoms with E-state index in [2.05, 4.69) is 20.3 Å². The maximum absolute atomic E-state index is 12.7. The lowest BCUT2D eigenvalue weighted by Crippen LogP contribution is -2.33. The molecule has 1 aliphatic rings. The van der Waals surface area contributed by atoms with Gasteiger partial charge in [0.15, 0.2) is 23.2 Å². The highest BCUT2D eigenvalue weighted by molar-refractivity contribution is 5.85. The van der Waals surface area contributed by atoms with Crippen LogP contribution in [-0.2, 0) is 10.9 Å². The zero-order valence-electron chi connectivity index (χ0n) is 14.7. The Hall–Kier alpha value is -2.80. The van der Waals surface area contributed by atoms with Crippen molar-refractivity contribution in [2.45, 2.75) is 30.7 Å². The van der Waals surface area contributed by atoms with Crippen molar-refractivity contribution >= 4 is 22.7 Å². The van der Waals surface area contributed by atoms with Crippen molar-refractivity contribution in [1.82, 2.24) is 19.5 Å². The number of aliphatic hydroxyl groups excluding tert-OH is 3. The van der Waals surface area contributed by atoms with Crippen LogP contribution in [-0.4, -0.2) is 59.8 Å². The minimum absolute atomic E-state index is 0.236. The highest BCUT2D eigenvalue weighted by atomic mass is 19.4. The molecule has 1 fully saturated rings. The fourth-order valence-corrected chi connectivity index (χ4v) is 3.12. The van der Waals surface area contributed by atoms with Gasteiger partial charge in [0.2, 0.25) is 0 Å². The van der Waals surface area contributed by atoms with Crippen LogP contribution in [0.5, 0.6) is 0 Å². The molecule has 2 aromatic heterocycles. The van der Waals surface area contributed by atoms with Gasteiger partial charge < -0.3 is 25.4 Å². The largest absolute Gasteiger partial charge is 0.416 e. The van der Waals surface area contributed by atoms with Gasteiger partial charge in [-0.15, -0.1) is 0 Å². The highest BCUT2D eigenvalue weighted by Gasteiger charge is 2.44. The number of imidazole rings is 1. The Labute approximate surface area is 161 Å². The Balaban J connectivity index is 1.63. The number of benzene rings is 1. The zero-order valence-corrected chi connectivity index (χ0v) is 14.7. The molecule has 0 spiro atoms. The van der Waals surface area contributed by atoms with E-state index in [0.717, 1.165) is 12.1 Å². The predicted molar refractivity (Wildman–Crippen MR) is 93.1 cm³/mol. The Bertz CT molecular complexity index is 1010. The van der Waals surface area contributed by atoms with Gasteiger partial charge in [0.05, 0.1) is 18.5 Å². The second-order valence-electron chi connectivity index (χ2n) is 6.48. The summed E-state index contributed by atoms with van der Waals surface area (Å²) >= 11 is 0. The first-order valence-electron chi connectivity index (χ1n) is 8.54. The van der Waals surface area contributed by atoms with Gasteiger partial charge in [-0.05, 0) is 24.3 Å². The van der Waals surface area contributed by atoms with Crippen LogP contribution in [0, 0.1) is 0 Å². The minimum Gasteiger partial charge on any atom is -0.394 e. The first kappa shape index (κ1) is 19.5. The number of alkyl halides is 3. The van der Waals surface area contributed by atoms with E-state index in [-0.39, 0.29) is 17.0 Å². The van der Waals surface area contributed by atoms with E-state index < -0.39 is 42.9 Å². The highest BCUT2D eigenvalue weighted by Crippen LogP contribution is 2.33. The number of hydrogen-bond donors (Lipinski definition) is 4. The molecular formula is C17H16F3N5O4. The van der Waals surface area contributed by atoms with E-state index >= 15 is 0 Å². The molecule has 0 bridgehead atoms. The van der Waals surface area contributed by atoms with E-state index in [0.29, 0.717) is 5.69 Å². The third kappa shape index (κ3) is 3.51. The number of aromatic nitrogens is 4. The summed E-state index contributed by atoms with van der Waals surface area (Å²) in [6, 6.07) is 4.41. The van der Waals surface area contributed by atoms with Crippen molar-refractivity contribution in [3.63, 3.8) is 0 Å². The van der Waals surface area contributed by atoms with Gasteiger partial charge in [-0.1, -0.05) is 0 Å². The van der Waals surface area contributed by atoms with Gasteiger partial charge in [0.25, 0.3) is 0 Å². The molecule has 0 radical (unpaired) electrons. The summed E-state index contributed by atoms with van der Waals surface area (Å²) < 4.78 is 45.0. The molecule has 9 nitrogen and oxygen atoms in total. The van der Waals surface area contributed by atoms with Gasteiger partial charge in [-0.2, -0.15) is 13.2 Å². The lowest BCUT2D eigenvalue weighted by Gasteiger charge is -2.16. The fraction of sp³-hybridized carbons (Fsp3) is 0.353. The van der Waals surface area contributed by atoms with Crippen LogP contribution >= 0.6 is 0 Å². The average Bonchev–Trinajstić information content (AvgIpc) is 3.24. The van der Waals surface area contributed by atoms with Gasteiger partial charge in [0.1, 0.15) is 24.6 Å². The zero-order chi connectivity index (χ0) is 20.8. The standard InChI is InChI=1S/C17H16F3N5O4/c18-17(19,20)8-1-3-9(4-2-8)24-14-11-15(22-6-21-14)25(7-23-11)16-13(28)12(27)10(5-26)29-16/h1-4,6-7,10,12-13,16,26-28H,5H2,(H,21,22,24)/t10-,12-,13-,16-/m1/s1. The first-order valence-corrected chi connectivity index (χ1v) is 8.54. The number of anilines is 2. The van der Waals surface area contributed by atoms with Crippen molar-refractivity contribution in [2.75, 3.05) is 11.9 Å². The fourth-order valence-electron chi connectivity index (χ4n) is 3.12. The number of halogens is 3. The second-order valence-corrected chi connectivity index (χ2v) is 6.48. The summed E-state index contributed by atoms with van der Waals surface area (Å²) in [5.41, 5.74) is 0.138. The summed E-state index contributed by atoms with van der Waals surface area (Å²) in [5.74, 6) is 0.236. The molecule has 4 N–H and O–H groups in total. The number of aliphatic hydroxyl groups is 3. The van der Waals surface area contributed by atoms with E-state index in [1.807, 2.05) is 0 Å². The van der Waals surface area contributed by atoms with Crippen LogP contribution in [0.4, 0.5) is 24.7 Å². The number of nitrogens with zero attached hydrogens (tertiary/aromatic N) is 4. The van der Waals surface area contributed by atoms with E-state index in [1.165, 1.54) is 29.4 Å². The predicted octanol–water partition coefficient (Wildman–Crippen LogP) is 1.20. The molecule has 0 saturated carbocycles. The topological polar surface area (TPSA) is 126 Å². The Kier molecular flexibility index (Phi) is 4.86. The molecule has 4 rings (SSSR count). The molecule has 1 aromatic carbocycles. The van der Waals surface area contributed by atoms with Crippen molar-refractivity contribution in [3.8, 4) is 0 Å². The third-order valence-electron chi connectivity index (χ3n) is 4.63. The van der Waals surface area contributed by atoms with Crippen LogP contribution in [0.3, 0.4) is 0 Å². The maximum Gasteiger partial charge on any atom is 0.416 e. The van der Waals surface area contributed by atoms with E-state index in [9.17, 15) is 28.5 Å². The number of fused-ring (bicyclic) bond motifs is 1. The van der Waals surface area contributed by atoms with Gasteiger partial charge >= 0.3 is 6.18 Å². The van der Waals surface area contributed by atoms with Crippen LogP contribution in [0.25, 0.3) is 11.2 Å². The van der Waals surface area contributed by atoms with Gasteiger partial charge in [-0.25, -0.2) is 15.0 Å². The van der Waals surface area contributed by atoms with Crippen molar-refractivity contribution in [1.29, 1.82) is 0 Å². The summed E-state index contributed by atoms with van der Waals surface area (Å²) in [6.07, 6.45) is -6.47. The van der Waals surface area contributed by atoms with Crippen LogP contribution in [0.1, 0.15) is 11.8 Å². The SMILES string of the molecule is OC[C@H]1O[C@@H](n2cnc3c(Nc4ccc(C(F)(F)F)cc4)ncnc32)[C@H](O)[C@@H]1O. The Morgan fingerprint density at radius 3 is 2.41 bits per heavy atom. The van der Waals surface area contributed by atoms with Crippen molar-refractivity contribution in [2.24, 2.45) is 0 Å². The quantitative estimate of drug-likeness (QED) is 0.505. The van der Waals surface area contributed by atoms with Crippen LogP contribution < -0.4 is 5.32 Å². The Morgan fingerprint density at radius 2 is 1.79 bits per heavy atom. The number of nitrogens with one attached hydrogen (secondary N) is 1. The molecule has 4 atom stereocenters. The lowest BCUT2D eigenvalue weighted by molar-refractivity contribution is -0.137. The van der Waals surface area contributed by atoms with E-state index in [1.54, 1.807) is 0 Å². The van der Waals surface area contributed by atoms with Gasteiger partial charge in [-0.3, -0.25) is 4.57 Å². The maximum atomic E-state index is 12.7. The average molecular weight is 411 g/mol. The van der Waals surface area contributed by atoms with Crippen molar-refractivity contribution in [3.05, 3.63) is 42.5 Å². The normalized spacial score (nSPS) is 24.9. The molecular weight excluding hydrogens is 395 g/mol. The summed E-state index contributed by atoms with van der Waals surface area (Å²) in [4.78, 5) is 12.4. The first-order chi connectivity index (χ1) is 13.8. The molecule has 12 heteroatoms. The number of ether oxygens (including phenoxy) is 1. The minimum atomic E-state index is -4.43. The number of rotatable bonds is 4. The molecule has 1 saturated heterocycles. The summed E-state index contributed by atoms with van der Waals surface area (Å²) in [7, 11) is 0. The molecule has 3 heterocycles. The van der Waals surface area contributed by atoms with Crippen molar-refractivity contribution < 1.29 is 33.2 Å². The molecule has 154 valence electrons. The summed E-state index contributed by atoms with van der Waals surface area (Å²) in [5, 5.41) is 32.3. The molecule has 0 amide bonds. The van der Waals surface area contributed by atoms with Crippen LogP contribution in [0.15, 0.2) is 36.9 Å². The molecule has 3 aromatic rings. The second kappa shape index (κ2) is 7.22. The summed E-state index contributed by atoms with van der Waals surface area (Å²) in [6.45, 7) is -0.475. The monoisotopic (exact) mass is 411 g/mol. The van der Waals surface area contributed by atoms with E-state index in [4.69, 9.17) is 4.74 Å². The molecule has 29 heavy (non-hydrogen) atoms. The smallest absolute Gasteiger partial charge is 0.394 e. The number of hydrogen-bond acceptors (Lipinski definition) is 8.